The second-order valence-corrected chi connectivity index (χ2v) is 11.4. The van der Waals surface area contributed by atoms with Crippen molar-refractivity contribution in [3.05, 3.63) is 0 Å². The van der Waals surface area contributed by atoms with Gasteiger partial charge in [-0.2, -0.15) is 0 Å². The van der Waals surface area contributed by atoms with Crippen LogP contribution >= 0.6 is 0 Å². The molecule has 3 heterocycles. The molecule has 0 amide bonds. The van der Waals surface area contributed by atoms with Crippen LogP contribution in [-0.2, 0) is 42.6 Å². The van der Waals surface area contributed by atoms with Gasteiger partial charge in [-0.15, -0.1) is 0 Å². The van der Waals surface area contributed by atoms with Crippen molar-refractivity contribution in [2.45, 2.75) is 98.2 Å². The van der Waals surface area contributed by atoms with Gasteiger partial charge in [-0.05, 0) is 6.42 Å². The Bertz CT molecular complexity index is 838. The molecular weight excluding hydrogens is 592 g/mol. The Balaban J connectivity index is 1.42. The summed E-state index contributed by atoms with van der Waals surface area (Å²) in [5.74, 6) is 0. The monoisotopic (exact) mass is 642 g/mol. The zero-order valence-corrected chi connectivity index (χ0v) is 24.7. The van der Waals surface area contributed by atoms with Gasteiger partial charge in [0.15, 0.2) is 12.6 Å². The molecule has 0 spiro atoms. The Hall–Kier alpha value is -0.720. The summed E-state index contributed by atoms with van der Waals surface area (Å²) in [7, 11) is 0. The fourth-order valence-electron chi connectivity index (χ4n) is 5.69. The third-order valence-electron chi connectivity index (χ3n) is 8.21. The first kappa shape index (κ1) is 36.1. The standard InChI is InChI=1S/C26H50N4O14/c27-10-14-17(31)19(33)20(34)26(41-14)44-23-13(29)9-12(28)22(21(23)35)43-25-18(32)16(30)24-15(42-25)11-39-6-5-37-2-1-36-3-4-38-7-8-40-24/h12-26,31-35H,1-11,27-30H2/t12-,13?,14?,15-,16?,17-,18-,19?,20?,21?,22?,23-,24?,25?,26-/m1/s1. The highest BCUT2D eigenvalue weighted by molar-refractivity contribution is 5.01. The second kappa shape index (κ2) is 17.4. The summed E-state index contributed by atoms with van der Waals surface area (Å²) in [6.45, 7) is 2.51. The van der Waals surface area contributed by atoms with Crippen molar-refractivity contribution in [2.24, 2.45) is 22.9 Å². The normalized spacial score (nSPS) is 47.5. The average Bonchev–Trinajstić information content (AvgIpc) is 3.00. The lowest BCUT2D eigenvalue weighted by molar-refractivity contribution is -0.333. The minimum absolute atomic E-state index is 0.0366. The highest BCUT2D eigenvalue weighted by Crippen LogP contribution is 2.32. The fraction of sp³-hybridized carbons (Fsp3) is 1.00. The van der Waals surface area contributed by atoms with Gasteiger partial charge in [-0.1, -0.05) is 0 Å². The van der Waals surface area contributed by atoms with Crippen molar-refractivity contribution < 1.29 is 68.2 Å². The molecule has 3 aliphatic heterocycles. The molecule has 0 aromatic heterocycles. The van der Waals surface area contributed by atoms with Crippen LogP contribution in [0.5, 0.6) is 0 Å². The molecule has 15 atom stereocenters. The summed E-state index contributed by atoms with van der Waals surface area (Å²) in [4.78, 5) is 0. The van der Waals surface area contributed by atoms with Crippen LogP contribution in [0.15, 0.2) is 0 Å². The van der Waals surface area contributed by atoms with Crippen LogP contribution in [0.3, 0.4) is 0 Å². The van der Waals surface area contributed by atoms with E-state index in [1.54, 1.807) is 0 Å². The first-order chi connectivity index (χ1) is 21.1. The zero-order chi connectivity index (χ0) is 31.8. The Morgan fingerprint density at radius 3 is 1.68 bits per heavy atom. The van der Waals surface area contributed by atoms with E-state index in [1.165, 1.54) is 0 Å². The minimum atomic E-state index is -1.66. The lowest BCUT2D eigenvalue weighted by atomic mass is 9.84. The molecule has 0 bridgehead atoms. The summed E-state index contributed by atoms with van der Waals surface area (Å²) < 4.78 is 51.6. The van der Waals surface area contributed by atoms with Gasteiger partial charge in [0.1, 0.15) is 61.0 Å². The molecule has 44 heavy (non-hydrogen) atoms. The Morgan fingerprint density at radius 2 is 1.11 bits per heavy atom. The van der Waals surface area contributed by atoms with Crippen LogP contribution in [0, 0.1) is 0 Å². The number of aliphatic hydroxyl groups is 5. The highest BCUT2D eigenvalue weighted by Gasteiger charge is 2.52. The number of hydrogen-bond acceptors (Lipinski definition) is 18. The van der Waals surface area contributed by atoms with E-state index >= 15 is 0 Å². The van der Waals surface area contributed by atoms with E-state index in [9.17, 15) is 25.5 Å². The summed E-state index contributed by atoms with van der Waals surface area (Å²) in [6, 6.07) is -2.61. The van der Waals surface area contributed by atoms with E-state index in [0.717, 1.165) is 0 Å². The Kier molecular flexibility index (Phi) is 14.3. The van der Waals surface area contributed by atoms with Gasteiger partial charge in [0.2, 0.25) is 0 Å². The van der Waals surface area contributed by atoms with Crippen molar-refractivity contribution in [2.75, 3.05) is 66.0 Å². The lowest BCUT2D eigenvalue weighted by Crippen LogP contribution is -2.68. The van der Waals surface area contributed by atoms with Crippen molar-refractivity contribution in [3.8, 4) is 0 Å². The van der Waals surface area contributed by atoms with Crippen LogP contribution in [0.25, 0.3) is 0 Å². The molecule has 0 aromatic carbocycles. The topological polar surface area (TPSA) is 288 Å². The first-order valence-corrected chi connectivity index (χ1v) is 15.1. The molecular formula is C26H50N4O14. The fourth-order valence-corrected chi connectivity index (χ4v) is 5.69. The van der Waals surface area contributed by atoms with Crippen LogP contribution in [0.2, 0.25) is 0 Å². The Morgan fingerprint density at radius 1 is 0.591 bits per heavy atom. The molecule has 13 N–H and O–H groups in total. The van der Waals surface area contributed by atoms with Crippen LogP contribution in [0.4, 0.5) is 0 Å². The van der Waals surface area contributed by atoms with Gasteiger partial charge in [0, 0.05) is 18.6 Å². The van der Waals surface area contributed by atoms with E-state index in [4.69, 9.17) is 65.6 Å². The smallest absolute Gasteiger partial charge is 0.187 e. The quantitative estimate of drug-likeness (QED) is 0.135. The summed E-state index contributed by atoms with van der Waals surface area (Å²) in [6.07, 6.45) is -15.2. The van der Waals surface area contributed by atoms with Crippen molar-refractivity contribution >= 4 is 0 Å². The zero-order valence-electron chi connectivity index (χ0n) is 24.7. The van der Waals surface area contributed by atoms with Crippen molar-refractivity contribution in [1.82, 2.24) is 0 Å². The van der Waals surface area contributed by atoms with Gasteiger partial charge in [0.05, 0.1) is 65.5 Å². The predicted molar refractivity (Wildman–Crippen MR) is 148 cm³/mol. The highest BCUT2D eigenvalue weighted by atomic mass is 16.7. The predicted octanol–water partition coefficient (Wildman–Crippen LogP) is -6.18. The maximum Gasteiger partial charge on any atom is 0.187 e. The summed E-state index contributed by atoms with van der Waals surface area (Å²) >= 11 is 0. The largest absolute Gasteiger partial charge is 0.388 e. The van der Waals surface area contributed by atoms with Gasteiger partial charge >= 0.3 is 0 Å². The number of hydrogen-bond donors (Lipinski definition) is 9. The number of nitrogens with two attached hydrogens (primary N) is 4. The average molecular weight is 643 g/mol. The molecule has 9 unspecified atom stereocenters. The maximum atomic E-state index is 11.3. The molecule has 3 saturated heterocycles. The molecule has 0 radical (unpaired) electrons. The molecule has 4 aliphatic rings. The molecule has 0 aromatic rings. The molecule has 18 nitrogen and oxygen atoms in total. The Labute approximate surface area is 255 Å². The van der Waals surface area contributed by atoms with Crippen molar-refractivity contribution in [3.63, 3.8) is 0 Å². The van der Waals surface area contributed by atoms with Gasteiger partial charge in [0.25, 0.3) is 0 Å². The maximum absolute atomic E-state index is 11.3. The third-order valence-corrected chi connectivity index (χ3v) is 8.21. The van der Waals surface area contributed by atoms with E-state index < -0.39 is 91.7 Å². The third kappa shape index (κ3) is 9.00. The second-order valence-electron chi connectivity index (χ2n) is 11.4. The van der Waals surface area contributed by atoms with Crippen molar-refractivity contribution in [1.29, 1.82) is 0 Å². The molecule has 4 rings (SSSR count). The molecule has 258 valence electrons. The molecule has 18 heteroatoms. The summed E-state index contributed by atoms with van der Waals surface area (Å²) in [5, 5.41) is 53.2. The number of fused-ring (bicyclic) bond motifs is 1. The number of ether oxygens (including phenoxy) is 9. The first-order valence-electron chi connectivity index (χ1n) is 15.1. The summed E-state index contributed by atoms with van der Waals surface area (Å²) in [5.41, 5.74) is 24.6. The molecule has 1 aliphatic carbocycles. The van der Waals surface area contributed by atoms with Crippen LogP contribution < -0.4 is 22.9 Å². The van der Waals surface area contributed by atoms with Gasteiger partial charge in [-0.3, -0.25) is 0 Å². The number of rotatable bonds is 5. The molecule has 4 fully saturated rings. The van der Waals surface area contributed by atoms with E-state index in [2.05, 4.69) is 0 Å². The van der Waals surface area contributed by atoms with Gasteiger partial charge in [-0.25, -0.2) is 0 Å². The SMILES string of the molecule is NCC1O[C@H](O[C@@H]2C(N)C[C@@H](N)C(OC3O[C@@H]4COCCOCCOCCOCCOC4C(N)[C@H]3O)C2O)C(O)C(O)[C@@H]1O. The van der Waals surface area contributed by atoms with Gasteiger partial charge < -0.3 is 91.1 Å². The molecule has 1 saturated carbocycles. The van der Waals surface area contributed by atoms with E-state index in [0.29, 0.717) is 33.0 Å². The van der Waals surface area contributed by atoms with Crippen LogP contribution in [-0.4, -0.2) is 183 Å². The van der Waals surface area contributed by atoms with Crippen LogP contribution in [0.1, 0.15) is 6.42 Å². The van der Waals surface area contributed by atoms with E-state index in [1.807, 2.05) is 0 Å². The number of aliphatic hydroxyl groups excluding tert-OH is 5. The minimum Gasteiger partial charge on any atom is -0.388 e. The van der Waals surface area contributed by atoms with E-state index in [-0.39, 0.29) is 39.4 Å². The lowest BCUT2D eigenvalue weighted by Gasteiger charge is -2.48.